The number of aromatic amines is 1. The van der Waals surface area contributed by atoms with Crippen molar-refractivity contribution in [3.05, 3.63) is 46.3 Å². The van der Waals surface area contributed by atoms with Gasteiger partial charge in [0.25, 0.3) is 5.91 Å². The summed E-state index contributed by atoms with van der Waals surface area (Å²) in [5.41, 5.74) is 1.64. The smallest absolute Gasteiger partial charge is 0.376 e. The van der Waals surface area contributed by atoms with Gasteiger partial charge in [0.05, 0.1) is 16.9 Å². The first kappa shape index (κ1) is 19.0. The molecule has 1 amide bonds. The first-order valence-electron chi connectivity index (χ1n) is 8.54. The molecule has 1 aromatic carbocycles. The maximum Gasteiger partial charge on any atom is 0.416 e. The summed E-state index contributed by atoms with van der Waals surface area (Å²) in [6, 6.07) is 3.20. The predicted molar refractivity (Wildman–Crippen MR) is 96.5 cm³/mol. The summed E-state index contributed by atoms with van der Waals surface area (Å²) in [7, 11) is 3.35. The van der Waals surface area contributed by atoms with Crippen molar-refractivity contribution in [3.8, 4) is 0 Å². The first-order valence-corrected chi connectivity index (χ1v) is 8.54. The number of aromatic nitrogens is 1. The van der Waals surface area contributed by atoms with E-state index in [1.807, 2.05) is 0 Å². The molecule has 5 nitrogen and oxygen atoms in total. The Morgan fingerprint density at radius 3 is 2.52 bits per heavy atom. The average Bonchev–Trinajstić information content (AvgIpc) is 2.92. The van der Waals surface area contributed by atoms with Crippen LogP contribution >= 0.6 is 0 Å². The third kappa shape index (κ3) is 3.56. The van der Waals surface area contributed by atoms with E-state index in [0.29, 0.717) is 41.8 Å². The van der Waals surface area contributed by atoms with E-state index in [0.717, 1.165) is 12.1 Å². The lowest BCUT2D eigenvalue weighted by molar-refractivity contribution is -0.137. The molecule has 0 spiro atoms. The van der Waals surface area contributed by atoms with Crippen molar-refractivity contribution in [2.24, 2.45) is 0 Å². The number of hydrogen-bond acceptors (Lipinski definition) is 3. The van der Waals surface area contributed by atoms with Crippen LogP contribution in [0.4, 0.5) is 24.5 Å². The van der Waals surface area contributed by atoms with E-state index < -0.39 is 17.6 Å². The van der Waals surface area contributed by atoms with Crippen molar-refractivity contribution in [2.45, 2.75) is 32.4 Å². The maximum atomic E-state index is 13.1. The number of hydrogen-bond donors (Lipinski definition) is 2. The fourth-order valence-corrected chi connectivity index (χ4v) is 3.39. The van der Waals surface area contributed by atoms with Gasteiger partial charge in [0.15, 0.2) is 5.78 Å². The molecule has 0 aliphatic heterocycles. The van der Waals surface area contributed by atoms with Gasteiger partial charge in [0.1, 0.15) is 5.69 Å². The fourth-order valence-electron chi connectivity index (χ4n) is 3.39. The Balaban J connectivity index is 1.98. The third-order valence-corrected chi connectivity index (χ3v) is 4.72. The quantitative estimate of drug-likeness (QED) is 0.841. The van der Waals surface area contributed by atoms with Gasteiger partial charge in [-0.3, -0.25) is 9.59 Å². The van der Waals surface area contributed by atoms with Crippen LogP contribution in [0.25, 0.3) is 0 Å². The summed E-state index contributed by atoms with van der Waals surface area (Å²) in [6.45, 7) is 1.67. The molecule has 1 aliphatic carbocycles. The molecule has 144 valence electrons. The largest absolute Gasteiger partial charge is 0.416 e. The van der Waals surface area contributed by atoms with Crippen LogP contribution in [0.1, 0.15) is 50.5 Å². The predicted octanol–water partition coefficient (Wildman–Crippen LogP) is 4.18. The summed E-state index contributed by atoms with van der Waals surface area (Å²) >= 11 is 0. The van der Waals surface area contributed by atoms with Crippen molar-refractivity contribution in [2.75, 3.05) is 24.3 Å². The van der Waals surface area contributed by atoms with Crippen LogP contribution in [-0.4, -0.2) is 30.8 Å². The van der Waals surface area contributed by atoms with Crippen LogP contribution in [0.2, 0.25) is 0 Å². The lowest BCUT2D eigenvalue weighted by Crippen LogP contribution is -2.19. The van der Waals surface area contributed by atoms with Gasteiger partial charge in [0, 0.05) is 31.8 Å². The monoisotopic (exact) mass is 379 g/mol. The molecule has 0 bridgehead atoms. The highest BCUT2D eigenvalue weighted by atomic mass is 19.4. The number of anilines is 2. The number of benzene rings is 1. The number of halogens is 3. The zero-order valence-corrected chi connectivity index (χ0v) is 15.3. The summed E-state index contributed by atoms with van der Waals surface area (Å²) in [4.78, 5) is 29.5. The molecule has 1 aromatic heterocycles. The van der Waals surface area contributed by atoms with E-state index in [-0.39, 0.29) is 17.2 Å². The molecule has 0 saturated heterocycles. The molecule has 2 N–H and O–H groups in total. The lowest BCUT2D eigenvalue weighted by atomic mass is 9.94. The van der Waals surface area contributed by atoms with Crippen molar-refractivity contribution in [3.63, 3.8) is 0 Å². The van der Waals surface area contributed by atoms with E-state index in [9.17, 15) is 22.8 Å². The topological polar surface area (TPSA) is 65.2 Å². The molecule has 8 heteroatoms. The number of nitrogens with zero attached hydrogens (tertiary/aromatic N) is 1. The number of amides is 1. The van der Waals surface area contributed by atoms with Crippen LogP contribution in [0.15, 0.2) is 18.2 Å². The molecular formula is C19H20F3N3O2. The van der Waals surface area contributed by atoms with E-state index in [1.54, 1.807) is 25.9 Å². The second-order valence-electron chi connectivity index (χ2n) is 6.83. The van der Waals surface area contributed by atoms with Gasteiger partial charge in [-0.1, -0.05) is 0 Å². The van der Waals surface area contributed by atoms with Gasteiger partial charge < -0.3 is 15.2 Å². The number of ketones is 1. The van der Waals surface area contributed by atoms with Gasteiger partial charge in [-0.05, 0) is 43.5 Å². The summed E-state index contributed by atoms with van der Waals surface area (Å²) in [5, 5.41) is 2.56. The number of Topliss-reactive ketones (excluding diaryl/α,β-unsaturated/α-hetero) is 1. The van der Waals surface area contributed by atoms with Crippen molar-refractivity contribution in [1.29, 1.82) is 0 Å². The maximum absolute atomic E-state index is 13.1. The number of rotatable bonds is 3. The van der Waals surface area contributed by atoms with Crippen LogP contribution in [0.5, 0.6) is 0 Å². The van der Waals surface area contributed by atoms with Crippen LogP contribution in [-0.2, 0) is 12.6 Å². The number of fused-ring (bicyclic) bond motifs is 1. The summed E-state index contributed by atoms with van der Waals surface area (Å²) in [6.07, 6.45) is -2.70. The number of H-pyrrole nitrogens is 1. The minimum Gasteiger partial charge on any atom is -0.376 e. The Hall–Kier alpha value is -2.77. The summed E-state index contributed by atoms with van der Waals surface area (Å²) < 4.78 is 39.2. The minimum atomic E-state index is -4.52. The van der Waals surface area contributed by atoms with Crippen molar-refractivity contribution < 1.29 is 22.8 Å². The molecule has 0 saturated carbocycles. The number of carbonyl (C=O) groups excluding carboxylic acids is 2. The molecule has 0 unspecified atom stereocenters. The molecule has 0 fully saturated rings. The first-order chi connectivity index (χ1) is 12.6. The van der Waals surface area contributed by atoms with E-state index in [2.05, 4.69) is 10.3 Å². The van der Waals surface area contributed by atoms with Crippen LogP contribution < -0.4 is 10.2 Å². The molecule has 0 atom stereocenters. The Bertz CT molecular complexity index is 914. The lowest BCUT2D eigenvalue weighted by Gasteiger charge is -2.19. The zero-order chi connectivity index (χ0) is 19.9. The van der Waals surface area contributed by atoms with Gasteiger partial charge in [-0.25, -0.2) is 0 Å². The molecule has 1 heterocycles. The second kappa shape index (κ2) is 6.75. The number of carbonyl (C=O) groups is 2. The molecular weight excluding hydrogens is 359 g/mol. The van der Waals surface area contributed by atoms with Crippen molar-refractivity contribution >= 4 is 23.1 Å². The zero-order valence-electron chi connectivity index (χ0n) is 15.3. The average molecular weight is 379 g/mol. The highest BCUT2D eigenvalue weighted by Gasteiger charge is 2.32. The van der Waals surface area contributed by atoms with Gasteiger partial charge >= 0.3 is 6.18 Å². The Kier molecular flexibility index (Phi) is 4.75. The van der Waals surface area contributed by atoms with Crippen molar-refractivity contribution in [1.82, 2.24) is 4.98 Å². The van der Waals surface area contributed by atoms with Gasteiger partial charge in [-0.2, -0.15) is 13.2 Å². The Labute approximate surface area is 154 Å². The standard InChI is InChI=1S/C19H20F3N3O2/c1-10-16-12(5-4-6-15(16)26)23-17(10)18(27)24-13-9-11(19(20,21)22)7-8-14(13)25(2)3/h7-9,23H,4-6H2,1-3H3,(H,24,27). The molecule has 1 aliphatic rings. The van der Waals surface area contributed by atoms with Gasteiger partial charge in [0.2, 0.25) is 0 Å². The molecule has 0 radical (unpaired) electrons. The summed E-state index contributed by atoms with van der Waals surface area (Å²) in [5.74, 6) is -0.589. The number of alkyl halides is 3. The minimum absolute atomic E-state index is 0.0166. The van der Waals surface area contributed by atoms with E-state index in [1.165, 1.54) is 6.07 Å². The number of nitrogens with one attached hydrogen (secondary N) is 2. The SMILES string of the molecule is Cc1c(C(=O)Nc2cc(C(F)(F)F)ccc2N(C)C)[nH]c2c1C(=O)CCC2. The molecule has 27 heavy (non-hydrogen) atoms. The Morgan fingerprint density at radius 1 is 1.22 bits per heavy atom. The second-order valence-corrected chi connectivity index (χ2v) is 6.83. The number of aryl methyl sites for hydroxylation is 1. The fraction of sp³-hybridized carbons (Fsp3) is 0.368. The Morgan fingerprint density at radius 2 is 1.93 bits per heavy atom. The molecule has 2 aromatic rings. The van der Waals surface area contributed by atoms with Gasteiger partial charge in [-0.15, -0.1) is 0 Å². The highest BCUT2D eigenvalue weighted by Crippen LogP contribution is 2.35. The van der Waals surface area contributed by atoms with E-state index >= 15 is 0 Å². The third-order valence-electron chi connectivity index (χ3n) is 4.72. The normalized spacial score (nSPS) is 14.1. The van der Waals surface area contributed by atoms with Crippen LogP contribution in [0.3, 0.4) is 0 Å². The molecule has 3 rings (SSSR count). The highest BCUT2D eigenvalue weighted by molar-refractivity contribution is 6.09. The van der Waals surface area contributed by atoms with E-state index in [4.69, 9.17) is 0 Å². The van der Waals surface area contributed by atoms with Crippen LogP contribution in [0, 0.1) is 6.92 Å².